The van der Waals surface area contributed by atoms with Gasteiger partial charge in [-0.25, -0.2) is 0 Å². The normalized spacial score (nSPS) is 12.7. The van der Waals surface area contributed by atoms with Gasteiger partial charge in [0.05, 0.1) is 45.4 Å². The molecular weight excluding hydrogens is 590 g/mol. The molecule has 0 radical (unpaired) electrons. The number of ketones is 1. The quantitative estimate of drug-likeness (QED) is 0.226. The van der Waals surface area contributed by atoms with Crippen LogP contribution in [0.1, 0.15) is 27.5 Å². The first kappa shape index (κ1) is 31.6. The summed E-state index contributed by atoms with van der Waals surface area (Å²) < 4.78 is 21.4. The molecule has 0 aliphatic carbocycles. The summed E-state index contributed by atoms with van der Waals surface area (Å²) in [6.07, 6.45) is 0. The number of anilines is 2. The zero-order chi connectivity index (χ0) is 32.8. The fourth-order valence-electron chi connectivity index (χ4n) is 5.24. The van der Waals surface area contributed by atoms with E-state index in [1.165, 1.54) is 26.2 Å². The van der Waals surface area contributed by atoms with E-state index in [0.29, 0.717) is 45.5 Å². The smallest absolute Gasteiger partial charge is 0.299 e. The lowest BCUT2D eigenvalue weighted by atomic mass is 10.0. The van der Waals surface area contributed by atoms with Crippen LogP contribution in [0.4, 0.5) is 11.4 Å². The highest BCUT2D eigenvalue weighted by molar-refractivity contribution is 6.52. The Kier molecular flexibility index (Phi) is 9.51. The summed E-state index contributed by atoms with van der Waals surface area (Å²) in [6.45, 7) is -0.478. The number of fused-ring (bicyclic) bond motifs is 1. The maximum absolute atomic E-state index is 14.3. The van der Waals surface area contributed by atoms with E-state index in [9.17, 15) is 19.2 Å². The van der Waals surface area contributed by atoms with Crippen molar-refractivity contribution in [2.75, 3.05) is 45.2 Å². The van der Waals surface area contributed by atoms with E-state index in [-0.39, 0.29) is 12.1 Å². The zero-order valence-corrected chi connectivity index (χ0v) is 25.8. The second-order valence-corrected chi connectivity index (χ2v) is 10.3. The summed E-state index contributed by atoms with van der Waals surface area (Å²) in [5.41, 5.74) is 2.10. The van der Waals surface area contributed by atoms with Crippen LogP contribution in [0.3, 0.4) is 0 Å². The van der Waals surface area contributed by atoms with Crippen LogP contribution in [0.5, 0.6) is 23.0 Å². The molecule has 11 nitrogen and oxygen atoms in total. The summed E-state index contributed by atoms with van der Waals surface area (Å²) >= 11 is 0. The first-order valence-corrected chi connectivity index (χ1v) is 14.3. The Balaban J connectivity index is 1.57. The Morgan fingerprint density at radius 1 is 0.761 bits per heavy atom. The Bertz CT molecular complexity index is 1750. The first-order chi connectivity index (χ1) is 22.3. The number of Topliss-reactive ketones (excluding diaryl/α,β-unsaturated/α-hetero) is 1. The van der Waals surface area contributed by atoms with Gasteiger partial charge in [-0.2, -0.15) is 0 Å². The lowest BCUT2D eigenvalue weighted by Crippen LogP contribution is -2.46. The molecule has 4 aromatic carbocycles. The lowest BCUT2D eigenvalue weighted by Gasteiger charge is -2.33. The van der Waals surface area contributed by atoms with E-state index in [4.69, 9.17) is 18.9 Å². The van der Waals surface area contributed by atoms with Crippen LogP contribution < -0.4 is 29.2 Å². The molecule has 1 aliphatic heterocycles. The highest BCUT2D eigenvalue weighted by Crippen LogP contribution is 2.34. The minimum absolute atomic E-state index is 0.00961. The van der Waals surface area contributed by atoms with E-state index in [0.717, 1.165) is 4.90 Å². The molecule has 236 valence electrons. The summed E-state index contributed by atoms with van der Waals surface area (Å²) in [5.74, 6) is -0.546. The van der Waals surface area contributed by atoms with E-state index in [1.807, 2.05) is 0 Å². The fourth-order valence-corrected chi connectivity index (χ4v) is 5.24. The second-order valence-electron chi connectivity index (χ2n) is 10.3. The lowest BCUT2D eigenvalue weighted by molar-refractivity contribution is -0.139. The molecule has 11 heteroatoms. The van der Waals surface area contributed by atoms with E-state index in [1.54, 1.807) is 98.1 Å². The van der Waals surface area contributed by atoms with Gasteiger partial charge in [-0.05, 0) is 59.7 Å². The van der Waals surface area contributed by atoms with Crippen molar-refractivity contribution in [3.8, 4) is 23.0 Å². The molecule has 1 N–H and O–H groups in total. The molecule has 0 spiro atoms. The van der Waals surface area contributed by atoms with Gasteiger partial charge in [-0.3, -0.25) is 24.1 Å². The van der Waals surface area contributed by atoms with Crippen molar-refractivity contribution >= 4 is 34.9 Å². The predicted molar refractivity (Wildman–Crippen MR) is 171 cm³/mol. The van der Waals surface area contributed by atoms with Crippen LogP contribution in [-0.4, -0.2) is 63.4 Å². The number of rotatable bonds is 12. The highest BCUT2D eigenvalue weighted by atomic mass is 16.5. The van der Waals surface area contributed by atoms with Gasteiger partial charge in [0.2, 0.25) is 5.91 Å². The minimum Gasteiger partial charge on any atom is -0.497 e. The molecule has 0 aromatic heterocycles. The molecule has 4 aromatic rings. The van der Waals surface area contributed by atoms with Gasteiger partial charge in [0.1, 0.15) is 35.6 Å². The third-order valence-corrected chi connectivity index (χ3v) is 7.66. The topological polar surface area (TPSA) is 124 Å². The second kappa shape index (κ2) is 13.9. The van der Waals surface area contributed by atoms with Crippen molar-refractivity contribution in [3.05, 3.63) is 108 Å². The first-order valence-electron chi connectivity index (χ1n) is 14.3. The fraction of sp³-hybridized carbons (Fsp3) is 0.200. The SMILES string of the molecule is COc1ccc(CN(C(=O)CN2C(=O)C(=O)c3ccccc32)C(C(=O)Nc2ccc(OC)cc2OC)c2ccc(OC)cc2)cc1. The summed E-state index contributed by atoms with van der Waals surface area (Å²) in [4.78, 5) is 56.9. The van der Waals surface area contributed by atoms with Gasteiger partial charge in [-0.1, -0.05) is 36.4 Å². The number of methoxy groups -OCH3 is 4. The number of hydrogen-bond donors (Lipinski definition) is 1. The molecular formula is C35H33N3O8. The van der Waals surface area contributed by atoms with Gasteiger partial charge in [0, 0.05) is 12.6 Å². The van der Waals surface area contributed by atoms with Crippen LogP contribution in [0, 0.1) is 0 Å². The molecule has 1 atom stereocenters. The number of nitrogens with zero attached hydrogens (tertiary/aromatic N) is 2. The molecule has 5 rings (SSSR count). The summed E-state index contributed by atoms with van der Waals surface area (Å²) in [6, 6.07) is 24.1. The number of carbonyl (C=O) groups is 4. The standard InChI is InChI=1S/C35H33N3O8/c1-43-24-13-9-22(10-14-24)20-38(31(39)21-37-29-8-6-5-7-27(29)33(40)35(37)42)32(23-11-15-25(44-2)16-12-23)34(41)36-28-18-17-26(45-3)19-30(28)46-4/h5-19,32H,20-21H2,1-4H3,(H,36,41). The van der Waals surface area contributed by atoms with Crippen molar-refractivity contribution in [1.82, 2.24) is 4.90 Å². The van der Waals surface area contributed by atoms with Gasteiger partial charge >= 0.3 is 0 Å². The maximum Gasteiger partial charge on any atom is 0.299 e. The Hall–Kier alpha value is -5.84. The molecule has 0 fully saturated rings. The van der Waals surface area contributed by atoms with Crippen LogP contribution in [0.25, 0.3) is 0 Å². The average Bonchev–Trinajstić information content (AvgIpc) is 3.33. The number of hydrogen-bond acceptors (Lipinski definition) is 8. The monoisotopic (exact) mass is 623 g/mol. The number of ether oxygens (including phenoxy) is 4. The maximum atomic E-state index is 14.3. The molecule has 3 amide bonds. The molecule has 0 saturated heterocycles. The van der Waals surface area contributed by atoms with Crippen molar-refractivity contribution in [2.24, 2.45) is 0 Å². The average molecular weight is 624 g/mol. The minimum atomic E-state index is -1.18. The zero-order valence-electron chi connectivity index (χ0n) is 25.8. The molecule has 1 aliphatic rings. The van der Waals surface area contributed by atoms with Crippen molar-refractivity contribution < 1.29 is 38.1 Å². The van der Waals surface area contributed by atoms with E-state index < -0.39 is 36.1 Å². The number of benzene rings is 4. The molecule has 0 saturated carbocycles. The largest absolute Gasteiger partial charge is 0.497 e. The van der Waals surface area contributed by atoms with Crippen molar-refractivity contribution in [2.45, 2.75) is 12.6 Å². The Labute approximate surface area is 266 Å². The summed E-state index contributed by atoms with van der Waals surface area (Å²) in [5, 5.41) is 2.91. The van der Waals surface area contributed by atoms with Gasteiger partial charge in [-0.15, -0.1) is 0 Å². The van der Waals surface area contributed by atoms with Crippen LogP contribution in [0.2, 0.25) is 0 Å². The van der Waals surface area contributed by atoms with Crippen LogP contribution >= 0.6 is 0 Å². The number of amides is 3. The molecule has 1 heterocycles. The number of nitrogens with one attached hydrogen (secondary N) is 1. The van der Waals surface area contributed by atoms with E-state index in [2.05, 4.69) is 5.32 Å². The van der Waals surface area contributed by atoms with Crippen LogP contribution in [0.15, 0.2) is 91.0 Å². The van der Waals surface area contributed by atoms with Crippen LogP contribution in [-0.2, 0) is 20.9 Å². The third-order valence-electron chi connectivity index (χ3n) is 7.66. The third kappa shape index (κ3) is 6.48. The van der Waals surface area contributed by atoms with Crippen molar-refractivity contribution in [3.63, 3.8) is 0 Å². The van der Waals surface area contributed by atoms with E-state index >= 15 is 0 Å². The molecule has 46 heavy (non-hydrogen) atoms. The Morgan fingerprint density at radius 2 is 1.37 bits per heavy atom. The summed E-state index contributed by atoms with van der Waals surface area (Å²) in [7, 11) is 6.07. The Morgan fingerprint density at radius 3 is 2.00 bits per heavy atom. The molecule has 0 bridgehead atoms. The molecule has 1 unspecified atom stereocenters. The van der Waals surface area contributed by atoms with Crippen molar-refractivity contribution in [1.29, 1.82) is 0 Å². The van der Waals surface area contributed by atoms with Gasteiger partial charge < -0.3 is 29.2 Å². The van der Waals surface area contributed by atoms with Gasteiger partial charge in [0.25, 0.3) is 17.6 Å². The van der Waals surface area contributed by atoms with Gasteiger partial charge in [0.15, 0.2) is 0 Å². The highest BCUT2D eigenvalue weighted by Gasteiger charge is 2.39. The number of para-hydroxylation sites is 1. The number of carbonyl (C=O) groups excluding carboxylic acids is 4. The predicted octanol–water partition coefficient (Wildman–Crippen LogP) is 4.66.